The summed E-state index contributed by atoms with van der Waals surface area (Å²) in [6.07, 6.45) is 0.574. The van der Waals surface area contributed by atoms with Gasteiger partial charge in [0.2, 0.25) is 0 Å². The second-order valence-corrected chi connectivity index (χ2v) is 9.02. The minimum absolute atomic E-state index is 0.0653. The number of nitrogens with zero attached hydrogens (tertiary/aromatic N) is 2. The van der Waals surface area contributed by atoms with Crippen molar-refractivity contribution in [1.29, 1.82) is 0 Å². The lowest BCUT2D eigenvalue weighted by atomic mass is 9.97. The van der Waals surface area contributed by atoms with Gasteiger partial charge >= 0.3 is 6.09 Å². The van der Waals surface area contributed by atoms with E-state index in [9.17, 15) is 9.59 Å². The molecule has 0 saturated carbocycles. The first-order valence-corrected chi connectivity index (χ1v) is 10.2. The summed E-state index contributed by atoms with van der Waals surface area (Å²) in [4.78, 5) is 29.3. The fourth-order valence-electron chi connectivity index (χ4n) is 4.10. The molecule has 0 bridgehead atoms. The molecule has 5 heteroatoms. The second kappa shape index (κ2) is 7.21. The highest BCUT2D eigenvalue weighted by atomic mass is 16.6. The number of carbonyl (C=O) groups excluding carboxylic acids is 2. The molecular weight excluding hydrogens is 364 g/mol. The van der Waals surface area contributed by atoms with Gasteiger partial charge in [0.05, 0.1) is 0 Å². The maximum Gasteiger partial charge on any atom is 0.410 e. The van der Waals surface area contributed by atoms with E-state index in [0.29, 0.717) is 19.6 Å². The third kappa shape index (κ3) is 4.00. The van der Waals surface area contributed by atoms with Crippen LogP contribution in [-0.4, -0.2) is 33.9 Å². The lowest BCUT2D eigenvalue weighted by Crippen LogP contribution is -2.36. The molecule has 2 heterocycles. The van der Waals surface area contributed by atoms with Crippen molar-refractivity contribution in [3.05, 3.63) is 69.8 Å². The highest BCUT2D eigenvalue weighted by Gasteiger charge is 2.30. The molecule has 0 fully saturated rings. The van der Waals surface area contributed by atoms with Crippen LogP contribution in [0.3, 0.4) is 0 Å². The van der Waals surface area contributed by atoms with Crippen molar-refractivity contribution in [2.45, 2.75) is 59.4 Å². The van der Waals surface area contributed by atoms with Crippen LogP contribution >= 0.6 is 0 Å². The summed E-state index contributed by atoms with van der Waals surface area (Å²) in [5.41, 5.74) is 5.84. The zero-order valence-electron chi connectivity index (χ0n) is 17.6. The molecule has 4 rings (SSSR count). The van der Waals surface area contributed by atoms with Gasteiger partial charge in [-0.15, -0.1) is 0 Å². The topological polar surface area (TPSA) is 49.9 Å². The molecule has 2 aromatic carbocycles. The SMILES string of the molecule is Cc1cc2c(cc1C(=O)N1CCc3ccccc3C1)CN(C(=O)OC(C)(C)C)C2. The predicted molar refractivity (Wildman–Crippen MR) is 112 cm³/mol. The molecule has 0 N–H and O–H groups in total. The summed E-state index contributed by atoms with van der Waals surface area (Å²) in [5.74, 6) is 0.0653. The first kappa shape index (κ1) is 19.5. The van der Waals surface area contributed by atoms with Crippen molar-refractivity contribution >= 4 is 12.0 Å². The Kier molecular flexibility index (Phi) is 4.85. The van der Waals surface area contributed by atoms with Crippen molar-refractivity contribution in [2.24, 2.45) is 0 Å². The van der Waals surface area contributed by atoms with Crippen LogP contribution in [0.2, 0.25) is 0 Å². The van der Waals surface area contributed by atoms with Gasteiger partial charge in [-0.3, -0.25) is 9.69 Å². The molecule has 5 nitrogen and oxygen atoms in total. The highest BCUT2D eigenvalue weighted by molar-refractivity contribution is 5.96. The number of carbonyl (C=O) groups is 2. The molecule has 0 aromatic heterocycles. The normalized spacial score (nSPS) is 15.7. The van der Waals surface area contributed by atoms with Crippen LogP contribution in [0.4, 0.5) is 4.79 Å². The highest BCUT2D eigenvalue weighted by Crippen LogP contribution is 2.29. The van der Waals surface area contributed by atoms with Gasteiger partial charge in [0.1, 0.15) is 5.60 Å². The van der Waals surface area contributed by atoms with Gasteiger partial charge in [-0.2, -0.15) is 0 Å². The van der Waals surface area contributed by atoms with Crippen molar-refractivity contribution < 1.29 is 14.3 Å². The Morgan fingerprint density at radius 1 is 0.897 bits per heavy atom. The van der Waals surface area contributed by atoms with Crippen molar-refractivity contribution in [3.8, 4) is 0 Å². The number of amides is 2. The van der Waals surface area contributed by atoms with Crippen molar-refractivity contribution in [2.75, 3.05) is 6.54 Å². The van der Waals surface area contributed by atoms with E-state index in [-0.39, 0.29) is 12.0 Å². The number of rotatable bonds is 1. The summed E-state index contributed by atoms with van der Waals surface area (Å²) < 4.78 is 5.50. The van der Waals surface area contributed by atoms with E-state index in [1.807, 2.05) is 50.8 Å². The lowest BCUT2D eigenvalue weighted by Gasteiger charge is -2.29. The van der Waals surface area contributed by atoms with E-state index in [1.54, 1.807) is 4.90 Å². The lowest BCUT2D eigenvalue weighted by molar-refractivity contribution is 0.0241. The van der Waals surface area contributed by atoms with Crippen LogP contribution < -0.4 is 0 Å². The van der Waals surface area contributed by atoms with Gasteiger partial charge in [-0.25, -0.2) is 4.79 Å². The van der Waals surface area contributed by atoms with E-state index in [1.165, 1.54) is 11.1 Å². The van der Waals surface area contributed by atoms with Crippen molar-refractivity contribution in [3.63, 3.8) is 0 Å². The van der Waals surface area contributed by atoms with Crippen molar-refractivity contribution in [1.82, 2.24) is 9.80 Å². The fraction of sp³-hybridized carbons (Fsp3) is 0.417. The molecule has 0 radical (unpaired) electrons. The Bertz CT molecular complexity index is 975. The third-order valence-corrected chi connectivity index (χ3v) is 5.57. The van der Waals surface area contributed by atoms with Crippen LogP contribution in [0.15, 0.2) is 36.4 Å². The zero-order chi connectivity index (χ0) is 20.8. The van der Waals surface area contributed by atoms with E-state index >= 15 is 0 Å². The maximum absolute atomic E-state index is 13.3. The predicted octanol–water partition coefficient (Wildman–Crippen LogP) is 4.44. The molecule has 0 spiro atoms. The summed E-state index contributed by atoms with van der Waals surface area (Å²) in [6.45, 7) is 9.96. The summed E-state index contributed by atoms with van der Waals surface area (Å²) in [7, 11) is 0. The summed E-state index contributed by atoms with van der Waals surface area (Å²) >= 11 is 0. The number of ether oxygens (including phenoxy) is 1. The Morgan fingerprint density at radius 2 is 1.52 bits per heavy atom. The van der Waals surface area contributed by atoms with E-state index in [2.05, 4.69) is 18.2 Å². The Hall–Kier alpha value is -2.82. The molecule has 2 aliphatic heterocycles. The number of hydrogen-bond donors (Lipinski definition) is 0. The molecule has 2 amide bonds. The first-order chi connectivity index (χ1) is 13.7. The fourth-order valence-corrected chi connectivity index (χ4v) is 4.10. The van der Waals surface area contributed by atoms with Gasteiger partial charge in [0.25, 0.3) is 5.91 Å². The first-order valence-electron chi connectivity index (χ1n) is 10.2. The standard InChI is InChI=1S/C24H28N2O3/c1-16-11-19-14-26(23(28)29-24(2,3)4)15-20(19)12-21(16)22(27)25-10-9-17-7-5-6-8-18(17)13-25/h5-8,11-12H,9-10,13-15H2,1-4H3. The Labute approximate surface area is 172 Å². The van der Waals surface area contributed by atoms with Gasteiger partial charge in [0, 0.05) is 31.7 Å². The Morgan fingerprint density at radius 3 is 2.21 bits per heavy atom. The van der Waals surface area contributed by atoms with Gasteiger partial charge in [0.15, 0.2) is 0 Å². The van der Waals surface area contributed by atoms with E-state index in [0.717, 1.165) is 35.2 Å². The monoisotopic (exact) mass is 392 g/mol. The average molecular weight is 392 g/mol. The zero-order valence-corrected chi connectivity index (χ0v) is 17.6. The molecule has 0 saturated heterocycles. The van der Waals surface area contributed by atoms with Crippen LogP contribution in [0.1, 0.15) is 58.9 Å². The quantitative estimate of drug-likeness (QED) is 0.721. The molecule has 152 valence electrons. The molecule has 2 aliphatic rings. The van der Waals surface area contributed by atoms with Crippen LogP contribution in [-0.2, 0) is 30.8 Å². The van der Waals surface area contributed by atoms with Crippen LogP contribution in [0, 0.1) is 6.92 Å². The largest absolute Gasteiger partial charge is 0.444 e. The number of aryl methyl sites for hydroxylation is 1. The molecule has 29 heavy (non-hydrogen) atoms. The van der Waals surface area contributed by atoms with Gasteiger partial charge < -0.3 is 9.64 Å². The van der Waals surface area contributed by atoms with Gasteiger partial charge in [-0.1, -0.05) is 30.3 Å². The van der Waals surface area contributed by atoms with E-state index < -0.39 is 5.60 Å². The molecule has 0 aliphatic carbocycles. The number of fused-ring (bicyclic) bond motifs is 2. The third-order valence-electron chi connectivity index (χ3n) is 5.57. The average Bonchev–Trinajstić information content (AvgIpc) is 3.08. The molecule has 2 aromatic rings. The minimum Gasteiger partial charge on any atom is -0.444 e. The smallest absolute Gasteiger partial charge is 0.410 e. The molecular formula is C24H28N2O3. The second-order valence-electron chi connectivity index (χ2n) is 9.02. The molecule has 0 unspecified atom stereocenters. The minimum atomic E-state index is -0.520. The maximum atomic E-state index is 13.3. The van der Waals surface area contributed by atoms with Crippen LogP contribution in [0.25, 0.3) is 0 Å². The number of hydrogen-bond acceptors (Lipinski definition) is 3. The summed E-state index contributed by atoms with van der Waals surface area (Å²) in [5, 5.41) is 0. The van der Waals surface area contributed by atoms with E-state index in [4.69, 9.17) is 4.74 Å². The van der Waals surface area contributed by atoms with Gasteiger partial charge in [-0.05, 0) is 68.0 Å². The molecule has 0 atom stereocenters. The van der Waals surface area contributed by atoms with Crippen LogP contribution in [0.5, 0.6) is 0 Å². The summed E-state index contributed by atoms with van der Waals surface area (Å²) in [6, 6.07) is 12.3. The number of benzene rings is 2. The Balaban J connectivity index is 1.52.